The normalized spacial score (nSPS) is 20.9. The number of hydrogen-bond donors (Lipinski definition) is 1. The number of nitrogens with zero attached hydrogens (tertiary/aromatic N) is 2. The Bertz CT molecular complexity index is 525. The minimum atomic E-state index is -0.300. The van der Waals surface area contributed by atoms with Gasteiger partial charge in [0.05, 0.1) is 0 Å². The predicted octanol–water partition coefficient (Wildman–Crippen LogP) is 1.50. The highest BCUT2D eigenvalue weighted by Gasteiger charge is 2.23. The summed E-state index contributed by atoms with van der Waals surface area (Å²) in [5, 5.41) is 0. The van der Waals surface area contributed by atoms with E-state index in [1.54, 1.807) is 6.07 Å². The van der Waals surface area contributed by atoms with Crippen molar-refractivity contribution in [1.29, 1.82) is 0 Å². The number of hydrogen-bond acceptors (Lipinski definition) is 4. The van der Waals surface area contributed by atoms with Gasteiger partial charge >= 0.3 is 0 Å². The number of nitrogens with two attached hydrogens (primary N) is 1. The fraction of sp³-hybridized carbons (Fsp3) is 0.364. The number of benzene rings is 1. The number of fused-ring (bicyclic) bond motifs is 1. The first-order valence-electron chi connectivity index (χ1n) is 5.29. The molecule has 1 aromatic heterocycles. The van der Waals surface area contributed by atoms with E-state index < -0.39 is 0 Å². The maximum atomic E-state index is 13.0. The van der Waals surface area contributed by atoms with Crippen molar-refractivity contribution in [1.82, 2.24) is 4.98 Å². The van der Waals surface area contributed by atoms with E-state index in [-0.39, 0.29) is 11.9 Å². The summed E-state index contributed by atoms with van der Waals surface area (Å²) in [6, 6.07) is 5.04. The zero-order valence-electron chi connectivity index (χ0n) is 8.69. The van der Waals surface area contributed by atoms with Crippen LogP contribution < -0.4 is 10.6 Å². The van der Waals surface area contributed by atoms with E-state index in [1.165, 1.54) is 12.1 Å². The lowest BCUT2D eigenvalue weighted by atomic mass is 10.3. The van der Waals surface area contributed by atoms with Crippen molar-refractivity contribution in [2.75, 3.05) is 18.0 Å². The Labute approximate surface area is 91.8 Å². The molecule has 1 aliphatic heterocycles. The Hall–Kier alpha value is -1.62. The molecule has 5 heteroatoms. The molecule has 1 aromatic carbocycles. The summed E-state index contributed by atoms with van der Waals surface area (Å²) in [6.07, 6.45) is 0.938. The van der Waals surface area contributed by atoms with Gasteiger partial charge in [-0.15, -0.1) is 0 Å². The maximum Gasteiger partial charge on any atom is 0.298 e. The van der Waals surface area contributed by atoms with Crippen LogP contribution in [0.15, 0.2) is 22.6 Å². The van der Waals surface area contributed by atoms with Gasteiger partial charge in [-0.1, -0.05) is 0 Å². The SMILES string of the molecule is NC1CCN(c2nc3cc(F)ccc3o2)C1. The third-order valence-electron chi connectivity index (χ3n) is 2.83. The molecule has 1 aliphatic rings. The van der Waals surface area contributed by atoms with Crippen LogP contribution in [0.5, 0.6) is 0 Å². The van der Waals surface area contributed by atoms with Crippen LogP contribution in [0.2, 0.25) is 0 Å². The Morgan fingerprint density at radius 3 is 3.12 bits per heavy atom. The first-order chi connectivity index (χ1) is 7.72. The van der Waals surface area contributed by atoms with Crippen LogP contribution in [0.1, 0.15) is 6.42 Å². The maximum absolute atomic E-state index is 13.0. The lowest BCUT2D eigenvalue weighted by Crippen LogP contribution is -2.26. The summed E-state index contributed by atoms with van der Waals surface area (Å²) in [7, 11) is 0. The lowest BCUT2D eigenvalue weighted by molar-refractivity contribution is 0.582. The lowest BCUT2D eigenvalue weighted by Gasteiger charge is -2.11. The van der Waals surface area contributed by atoms with Crippen molar-refractivity contribution in [2.24, 2.45) is 5.73 Å². The van der Waals surface area contributed by atoms with Gasteiger partial charge in [-0.2, -0.15) is 4.98 Å². The summed E-state index contributed by atoms with van der Waals surface area (Å²) < 4.78 is 18.5. The molecule has 0 aliphatic carbocycles. The number of oxazole rings is 1. The van der Waals surface area contributed by atoms with E-state index in [9.17, 15) is 4.39 Å². The third-order valence-corrected chi connectivity index (χ3v) is 2.83. The van der Waals surface area contributed by atoms with Gasteiger partial charge in [-0.3, -0.25) is 0 Å². The Morgan fingerprint density at radius 1 is 1.50 bits per heavy atom. The quantitative estimate of drug-likeness (QED) is 0.793. The van der Waals surface area contributed by atoms with Crippen molar-refractivity contribution < 1.29 is 8.81 Å². The molecule has 0 bridgehead atoms. The average molecular weight is 221 g/mol. The molecule has 3 rings (SSSR count). The highest BCUT2D eigenvalue weighted by Crippen LogP contribution is 2.24. The van der Waals surface area contributed by atoms with Crippen LogP contribution in [-0.2, 0) is 0 Å². The number of halogens is 1. The minimum absolute atomic E-state index is 0.173. The van der Waals surface area contributed by atoms with Gasteiger partial charge in [0.25, 0.3) is 6.01 Å². The Balaban J connectivity index is 1.99. The molecular formula is C11H12FN3O. The summed E-state index contributed by atoms with van der Waals surface area (Å²) >= 11 is 0. The number of aromatic nitrogens is 1. The largest absolute Gasteiger partial charge is 0.423 e. The second-order valence-electron chi connectivity index (χ2n) is 4.10. The van der Waals surface area contributed by atoms with E-state index in [4.69, 9.17) is 10.2 Å². The third kappa shape index (κ3) is 1.53. The molecule has 16 heavy (non-hydrogen) atoms. The number of rotatable bonds is 1. The fourth-order valence-corrected chi connectivity index (χ4v) is 1.98. The molecule has 0 radical (unpaired) electrons. The molecule has 0 spiro atoms. The first kappa shape index (κ1) is 9.59. The first-order valence-corrected chi connectivity index (χ1v) is 5.29. The Kier molecular flexibility index (Phi) is 2.07. The van der Waals surface area contributed by atoms with Crippen LogP contribution in [-0.4, -0.2) is 24.1 Å². The van der Waals surface area contributed by atoms with Gasteiger partial charge in [-0.25, -0.2) is 4.39 Å². The van der Waals surface area contributed by atoms with Gasteiger partial charge < -0.3 is 15.1 Å². The van der Waals surface area contributed by atoms with Crippen molar-refractivity contribution in [3.05, 3.63) is 24.0 Å². The second kappa shape index (κ2) is 3.45. The van der Waals surface area contributed by atoms with Crippen molar-refractivity contribution in [2.45, 2.75) is 12.5 Å². The predicted molar refractivity (Wildman–Crippen MR) is 58.8 cm³/mol. The van der Waals surface area contributed by atoms with Gasteiger partial charge in [-0.05, 0) is 18.6 Å². The zero-order chi connectivity index (χ0) is 11.1. The summed E-state index contributed by atoms with van der Waals surface area (Å²) in [6.45, 7) is 1.59. The molecular weight excluding hydrogens is 209 g/mol. The van der Waals surface area contributed by atoms with Crippen LogP contribution >= 0.6 is 0 Å². The molecule has 0 amide bonds. The van der Waals surface area contributed by atoms with Crippen molar-refractivity contribution in [3.8, 4) is 0 Å². The summed E-state index contributed by atoms with van der Waals surface area (Å²) in [5.41, 5.74) is 6.97. The molecule has 1 atom stereocenters. The fourth-order valence-electron chi connectivity index (χ4n) is 1.98. The van der Waals surface area contributed by atoms with E-state index in [0.29, 0.717) is 17.1 Å². The van der Waals surface area contributed by atoms with Gasteiger partial charge in [0.2, 0.25) is 0 Å². The van der Waals surface area contributed by atoms with Gasteiger partial charge in [0, 0.05) is 25.2 Å². The van der Waals surface area contributed by atoms with E-state index in [1.807, 2.05) is 4.90 Å². The standard InChI is InChI=1S/C11H12FN3O/c12-7-1-2-10-9(5-7)14-11(16-10)15-4-3-8(13)6-15/h1-2,5,8H,3-4,6,13H2. The molecule has 2 aromatic rings. The molecule has 2 heterocycles. The van der Waals surface area contributed by atoms with Gasteiger partial charge in [0.1, 0.15) is 11.3 Å². The van der Waals surface area contributed by atoms with Crippen molar-refractivity contribution in [3.63, 3.8) is 0 Å². The second-order valence-corrected chi connectivity index (χ2v) is 4.10. The minimum Gasteiger partial charge on any atom is -0.423 e. The molecule has 0 saturated carbocycles. The van der Waals surface area contributed by atoms with E-state index >= 15 is 0 Å². The van der Waals surface area contributed by atoms with Gasteiger partial charge in [0.15, 0.2) is 5.58 Å². The molecule has 1 unspecified atom stereocenters. The molecule has 1 saturated heterocycles. The highest BCUT2D eigenvalue weighted by atomic mass is 19.1. The molecule has 2 N–H and O–H groups in total. The summed E-state index contributed by atoms with van der Waals surface area (Å²) in [5.74, 6) is -0.300. The van der Waals surface area contributed by atoms with E-state index in [2.05, 4.69) is 4.98 Å². The highest BCUT2D eigenvalue weighted by molar-refractivity contribution is 5.74. The summed E-state index contributed by atoms with van der Waals surface area (Å²) in [4.78, 5) is 6.24. The van der Waals surface area contributed by atoms with Crippen LogP contribution in [0.4, 0.5) is 10.4 Å². The van der Waals surface area contributed by atoms with Crippen LogP contribution in [0.25, 0.3) is 11.1 Å². The monoisotopic (exact) mass is 221 g/mol. The number of anilines is 1. The van der Waals surface area contributed by atoms with Crippen LogP contribution in [0.3, 0.4) is 0 Å². The van der Waals surface area contributed by atoms with E-state index in [0.717, 1.165) is 19.5 Å². The molecule has 1 fully saturated rings. The van der Waals surface area contributed by atoms with Crippen LogP contribution in [0, 0.1) is 5.82 Å². The smallest absolute Gasteiger partial charge is 0.298 e. The molecule has 84 valence electrons. The van der Waals surface area contributed by atoms with Crippen molar-refractivity contribution >= 4 is 17.1 Å². The average Bonchev–Trinajstić information content (AvgIpc) is 2.83. The topological polar surface area (TPSA) is 55.3 Å². The zero-order valence-corrected chi connectivity index (χ0v) is 8.69. The molecule has 4 nitrogen and oxygen atoms in total. The Morgan fingerprint density at radius 2 is 2.38 bits per heavy atom.